The van der Waals surface area contributed by atoms with Crippen molar-refractivity contribution in [3.8, 4) is 0 Å². The minimum atomic E-state index is -0.974. The molecule has 1 amide bonds. The maximum absolute atomic E-state index is 12.0. The van der Waals surface area contributed by atoms with Gasteiger partial charge in [-0.15, -0.1) is 11.8 Å². The van der Waals surface area contributed by atoms with E-state index < -0.39 is 12.0 Å². The molecule has 0 spiro atoms. The molecule has 7 heteroatoms. The predicted octanol–water partition coefficient (Wildman–Crippen LogP) is 1.64. The van der Waals surface area contributed by atoms with E-state index in [1.54, 1.807) is 0 Å². The standard InChI is InChI=1S/C9H8BrNO4S/c10-7-5(1-2-15-7)8(12)11-4-16-3-6(11)9(13)14/h1-2,6H,3-4H2,(H,13,14). The molecule has 2 heterocycles. The van der Waals surface area contributed by atoms with E-state index in [9.17, 15) is 9.59 Å². The highest BCUT2D eigenvalue weighted by Crippen LogP contribution is 2.26. The summed E-state index contributed by atoms with van der Waals surface area (Å²) in [5.74, 6) is -0.472. The van der Waals surface area contributed by atoms with Crippen molar-refractivity contribution >= 4 is 39.6 Å². The van der Waals surface area contributed by atoms with Gasteiger partial charge in [-0.1, -0.05) is 0 Å². The number of carbonyl (C=O) groups is 2. The van der Waals surface area contributed by atoms with Gasteiger partial charge in [0.1, 0.15) is 6.04 Å². The summed E-state index contributed by atoms with van der Waals surface area (Å²) >= 11 is 4.53. The van der Waals surface area contributed by atoms with Gasteiger partial charge >= 0.3 is 5.97 Å². The SMILES string of the molecule is O=C(O)C1CSCN1C(=O)c1ccoc1Br. The van der Waals surface area contributed by atoms with Crippen LogP contribution in [0.25, 0.3) is 0 Å². The number of halogens is 1. The summed E-state index contributed by atoms with van der Waals surface area (Å²) in [4.78, 5) is 24.3. The zero-order valence-corrected chi connectivity index (χ0v) is 10.5. The van der Waals surface area contributed by atoms with Crippen molar-refractivity contribution < 1.29 is 19.1 Å². The lowest BCUT2D eigenvalue weighted by Crippen LogP contribution is -2.41. The highest BCUT2D eigenvalue weighted by atomic mass is 79.9. The maximum Gasteiger partial charge on any atom is 0.327 e. The first-order chi connectivity index (χ1) is 7.61. The lowest BCUT2D eigenvalue weighted by Gasteiger charge is -2.19. The van der Waals surface area contributed by atoms with E-state index in [1.807, 2.05) is 0 Å². The van der Waals surface area contributed by atoms with Gasteiger partial charge in [0.05, 0.1) is 17.7 Å². The lowest BCUT2D eigenvalue weighted by molar-refractivity contribution is -0.140. The summed E-state index contributed by atoms with van der Waals surface area (Å²) < 4.78 is 5.29. The number of carbonyl (C=O) groups excluding carboxylic acids is 1. The Bertz CT molecular complexity index is 433. The molecule has 1 aromatic rings. The van der Waals surface area contributed by atoms with Crippen LogP contribution in [-0.4, -0.2) is 39.6 Å². The Labute approximate surface area is 104 Å². The second-order valence-electron chi connectivity index (χ2n) is 3.24. The van der Waals surface area contributed by atoms with Gasteiger partial charge in [0.25, 0.3) is 5.91 Å². The number of hydrogen-bond acceptors (Lipinski definition) is 4. The molecule has 0 bridgehead atoms. The van der Waals surface area contributed by atoms with Gasteiger partial charge in [0, 0.05) is 5.75 Å². The molecular formula is C9H8BrNO4S. The number of carboxylic acids is 1. The summed E-state index contributed by atoms with van der Waals surface area (Å²) in [6.45, 7) is 0. The fraction of sp³-hybridized carbons (Fsp3) is 0.333. The van der Waals surface area contributed by atoms with E-state index in [2.05, 4.69) is 15.9 Å². The Hall–Kier alpha value is -0.950. The average molecular weight is 306 g/mol. The van der Waals surface area contributed by atoms with E-state index in [4.69, 9.17) is 9.52 Å². The first-order valence-corrected chi connectivity index (χ1v) is 6.40. The van der Waals surface area contributed by atoms with Gasteiger partial charge in [0.2, 0.25) is 0 Å². The second kappa shape index (κ2) is 4.50. The Kier molecular flexibility index (Phi) is 3.25. The number of hydrogen-bond donors (Lipinski definition) is 1. The molecule has 1 fully saturated rings. The quantitative estimate of drug-likeness (QED) is 0.899. The molecule has 1 saturated heterocycles. The van der Waals surface area contributed by atoms with Gasteiger partial charge in [0.15, 0.2) is 4.67 Å². The van der Waals surface area contributed by atoms with E-state index >= 15 is 0 Å². The van der Waals surface area contributed by atoms with Gasteiger partial charge in [-0.2, -0.15) is 0 Å². The third-order valence-corrected chi connectivity index (χ3v) is 3.90. The molecule has 1 unspecified atom stereocenters. The molecule has 86 valence electrons. The van der Waals surface area contributed by atoms with Crippen LogP contribution in [0.1, 0.15) is 10.4 Å². The molecule has 0 aromatic carbocycles. The average Bonchev–Trinajstić information content (AvgIpc) is 2.84. The molecular weight excluding hydrogens is 298 g/mol. The Morgan fingerprint density at radius 3 is 2.94 bits per heavy atom. The Morgan fingerprint density at radius 2 is 2.38 bits per heavy atom. The summed E-state index contributed by atoms with van der Waals surface area (Å²) in [6, 6.07) is 0.771. The highest BCUT2D eigenvalue weighted by molar-refractivity contribution is 9.10. The molecule has 1 aliphatic rings. The first-order valence-electron chi connectivity index (χ1n) is 4.45. The molecule has 0 aliphatic carbocycles. The summed E-state index contributed by atoms with van der Waals surface area (Å²) in [7, 11) is 0. The third-order valence-electron chi connectivity index (χ3n) is 2.28. The van der Waals surface area contributed by atoms with Crippen LogP contribution >= 0.6 is 27.7 Å². The lowest BCUT2D eigenvalue weighted by atomic mass is 10.2. The molecule has 1 atom stereocenters. The van der Waals surface area contributed by atoms with E-state index in [0.29, 0.717) is 21.9 Å². The number of carboxylic acid groups (broad SMARTS) is 1. The first kappa shape index (κ1) is 11.5. The largest absolute Gasteiger partial charge is 0.480 e. The fourth-order valence-corrected chi connectivity index (χ4v) is 3.00. The van der Waals surface area contributed by atoms with Crippen LogP contribution in [0.5, 0.6) is 0 Å². The normalized spacial score (nSPS) is 20.1. The van der Waals surface area contributed by atoms with Crippen molar-refractivity contribution in [3.05, 3.63) is 22.6 Å². The number of furan rings is 1. The molecule has 1 aromatic heterocycles. The van der Waals surface area contributed by atoms with Crippen LogP contribution in [0.15, 0.2) is 21.4 Å². The predicted molar refractivity (Wildman–Crippen MR) is 61.3 cm³/mol. The monoisotopic (exact) mass is 305 g/mol. The highest BCUT2D eigenvalue weighted by Gasteiger charge is 2.36. The third kappa shape index (κ3) is 1.97. The van der Waals surface area contributed by atoms with E-state index in [0.717, 1.165) is 0 Å². The van der Waals surface area contributed by atoms with Crippen LogP contribution in [0, 0.1) is 0 Å². The number of nitrogens with zero attached hydrogens (tertiary/aromatic N) is 1. The van der Waals surface area contributed by atoms with Gasteiger partial charge in [-0.25, -0.2) is 4.79 Å². The fourth-order valence-electron chi connectivity index (χ4n) is 1.45. The van der Waals surface area contributed by atoms with Gasteiger partial charge in [-0.05, 0) is 22.0 Å². The Morgan fingerprint density at radius 1 is 1.62 bits per heavy atom. The number of aliphatic carboxylic acids is 1. The van der Waals surface area contributed by atoms with Crippen LogP contribution in [0.2, 0.25) is 0 Å². The van der Waals surface area contributed by atoms with E-state index in [1.165, 1.54) is 29.0 Å². The minimum Gasteiger partial charge on any atom is -0.480 e. The number of amides is 1. The van der Waals surface area contributed by atoms with Crippen LogP contribution < -0.4 is 0 Å². The molecule has 0 radical (unpaired) electrons. The van der Waals surface area contributed by atoms with Crippen molar-refractivity contribution in [3.63, 3.8) is 0 Å². The maximum atomic E-state index is 12.0. The second-order valence-corrected chi connectivity index (χ2v) is 4.96. The van der Waals surface area contributed by atoms with Crippen LogP contribution in [-0.2, 0) is 4.79 Å². The van der Waals surface area contributed by atoms with Crippen LogP contribution in [0.4, 0.5) is 0 Å². The summed E-state index contributed by atoms with van der Waals surface area (Å²) in [6.07, 6.45) is 1.39. The molecule has 2 rings (SSSR count). The van der Waals surface area contributed by atoms with Crippen molar-refractivity contribution in [2.75, 3.05) is 11.6 Å². The zero-order valence-electron chi connectivity index (χ0n) is 8.05. The van der Waals surface area contributed by atoms with Crippen molar-refractivity contribution in [1.29, 1.82) is 0 Å². The summed E-state index contributed by atoms with van der Waals surface area (Å²) in [5.41, 5.74) is 0.355. The minimum absolute atomic E-state index is 0.321. The molecule has 0 saturated carbocycles. The van der Waals surface area contributed by atoms with Crippen molar-refractivity contribution in [2.24, 2.45) is 0 Å². The number of thioether (sulfide) groups is 1. The van der Waals surface area contributed by atoms with Crippen molar-refractivity contribution in [2.45, 2.75) is 6.04 Å². The smallest absolute Gasteiger partial charge is 0.327 e. The zero-order chi connectivity index (χ0) is 11.7. The molecule has 1 aliphatic heterocycles. The van der Waals surface area contributed by atoms with Gasteiger partial charge in [-0.3, -0.25) is 4.79 Å². The molecule has 1 N–H and O–H groups in total. The number of rotatable bonds is 2. The Balaban J connectivity index is 2.22. The van der Waals surface area contributed by atoms with Gasteiger partial charge < -0.3 is 14.4 Å². The topological polar surface area (TPSA) is 70.8 Å². The van der Waals surface area contributed by atoms with Crippen molar-refractivity contribution in [1.82, 2.24) is 4.90 Å². The molecule has 16 heavy (non-hydrogen) atoms. The van der Waals surface area contributed by atoms with Crippen LogP contribution in [0.3, 0.4) is 0 Å². The van der Waals surface area contributed by atoms with E-state index in [-0.39, 0.29) is 5.91 Å². The molecule has 5 nitrogen and oxygen atoms in total. The summed E-state index contributed by atoms with van der Waals surface area (Å²) in [5, 5.41) is 8.96.